The molecule has 2 aliphatic rings. The maximum absolute atomic E-state index is 14.3. The number of sulfonamides is 1. The highest BCUT2D eigenvalue weighted by atomic mass is 32.2. The third-order valence-corrected chi connectivity index (χ3v) is 6.72. The fourth-order valence-electron chi connectivity index (χ4n) is 2.98. The van der Waals surface area contributed by atoms with Crippen LogP contribution in [0.5, 0.6) is 0 Å². The van der Waals surface area contributed by atoms with Crippen LogP contribution in [0.3, 0.4) is 0 Å². The highest BCUT2D eigenvalue weighted by molar-refractivity contribution is 7.89. The number of carbonyl (C=O) groups is 1. The number of ether oxygens (including phenoxy) is 2. The van der Waals surface area contributed by atoms with Crippen molar-refractivity contribution in [3.8, 4) is 0 Å². The molecule has 186 valence electrons. The molecular weight excluding hydrogens is 503 g/mol. The quantitative estimate of drug-likeness (QED) is 0.609. The van der Waals surface area contributed by atoms with Gasteiger partial charge in [0.1, 0.15) is 0 Å². The lowest BCUT2D eigenvalue weighted by Crippen LogP contribution is -2.63. The molecule has 1 aromatic rings. The molecule has 0 spiro atoms. The molecule has 17 heteroatoms. The average molecular weight is 516 g/mol. The summed E-state index contributed by atoms with van der Waals surface area (Å²) in [4.78, 5) is 11.2. The Bertz CT molecular complexity index is 1050. The van der Waals surface area contributed by atoms with E-state index in [-0.39, 0.29) is 26.3 Å². The molecule has 0 radical (unpaired) electrons. The second-order valence-corrected chi connectivity index (χ2v) is 8.87. The lowest BCUT2D eigenvalue weighted by atomic mass is 9.99. The van der Waals surface area contributed by atoms with E-state index in [2.05, 4.69) is 4.74 Å². The summed E-state index contributed by atoms with van der Waals surface area (Å²) in [5.41, 5.74) is -0.822. The van der Waals surface area contributed by atoms with Crippen molar-refractivity contribution in [3.05, 3.63) is 24.3 Å². The molecule has 2 aliphatic heterocycles. The first kappa shape index (κ1) is 25.5. The van der Waals surface area contributed by atoms with Gasteiger partial charge < -0.3 is 10.1 Å². The van der Waals surface area contributed by atoms with Crippen LogP contribution in [0.25, 0.3) is 0 Å². The summed E-state index contributed by atoms with van der Waals surface area (Å²) in [7, 11) is -4.24. The number of morpholine rings is 1. The smallest absolute Gasteiger partial charge is 0.379 e. The van der Waals surface area contributed by atoms with E-state index in [1.807, 2.05) is 0 Å². The van der Waals surface area contributed by atoms with Crippen LogP contribution in [-0.4, -0.2) is 74.7 Å². The van der Waals surface area contributed by atoms with Gasteiger partial charge in [0.05, 0.1) is 18.1 Å². The number of anilines is 1. The van der Waals surface area contributed by atoms with Gasteiger partial charge in [-0.3, -0.25) is 9.53 Å². The Morgan fingerprint density at radius 2 is 1.58 bits per heavy atom. The summed E-state index contributed by atoms with van der Waals surface area (Å²) in [5.74, 6) is -29.3. The normalized spacial score (nSPS) is 27.3. The number of carbonyl (C=O) groups excluding carboxylic acids is 1. The maximum atomic E-state index is 14.3. The van der Waals surface area contributed by atoms with Gasteiger partial charge in [0.15, 0.2) is 0 Å². The molecule has 3 rings (SSSR count). The van der Waals surface area contributed by atoms with Gasteiger partial charge in [-0.25, -0.2) is 8.42 Å². The first-order chi connectivity index (χ1) is 14.9. The van der Waals surface area contributed by atoms with Crippen molar-refractivity contribution >= 4 is 21.6 Å². The zero-order valence-corrected chi connectivity index (χ0v) is 16.8. The Morgan fingerprint density at radius 3 is 2.09 bits per heavy atom. The number of hydrogen-bond donors (Lipinski definition) is 1. The van der Waals surface area contributed by atoms with Gasteiger partial charge in [-0.1, -0.05) is 6.07 Å². The summed E-state index contributed by atoms with van der Waals surface area (Å²) >= 11 is 0. The van der Waals surface area contributed by atoms with Crippen molar-refractivity contribution in [2.24, 2.45) is 0 Å². The highest BCUT2D eigenvalue weighted by Gasteiger charge is 2.96. The summed E-state index contributed by atoms with van der Waals surface area (Å²) in [6, 6.07) is 3.26. The Morgan fingerprint density at radius 1 is 1.00 bits per heavy atom. The number of nitrogens with zero attached hydrogens (tertiary/aromatic N) is 1. The molecule has 0 aliphatic carbocycles. The number of alkyl halides is 9. The van der Waals surface area contributed by atoms with Crippen LogP contribution in [-0.2, 0) is 24.3 Å². The minimum atomic E-state index is -6.83. The van der Waals surface area contributed by atoms with E-state index < -0.39 is 56.2 Å². The van der Waals surface area contributed by atoms with Crippen LogP contribution < -0.4 is 5.32 Å². The van der Waals surface area contributed by atoms with Crippen LogP contribution in [0, 0.1) is 0 Å². The van der Waals surface area contributed by atoms with Gasteiger partial charge in [0.25, 0.3) is 0 Å². The van der Waals surface area contributed by atoms with E-state index in [1.165, 1.54) is 0 Å². The zero-order valence-electron chi connectivity index (χ0n) is 15.9. The topological polar surface area (TPSA) is 84.9 Å². The van der Waals surface area contributed by atoms with Crippen molar-refractivity contribution in [1.29, 1.82) is 0 Å². The summed E-state index contributed by atoms with van der Waals surface area (Å²) in [6.07, 6.45) is -6.37. The number of nitrogens with one attached hydrogen (secondary N) is 1. The molecule has 2 saturated heterocycles. The molecule has 0 aromatic heterocycles. The highest BCUT2D eigenvalue weighted by Crippen LogP contribution is 2.64. The van der Waals surface area contributed by atoms with Crippen molar-refractivity contribution < 1.29 is 62.2 Å². The molecule has 7 nitrogen and oxygen atoms in total. The molecule has 1 N–H and O–H groups in total. The number of hydrogen-bond acceptors (Lipinski definition) is 5. The average Bonchev–Trinajstić information content (AvgIpc) is 2.83. The first-order valence-corrected chi connectivity index (χ1v) is 10.3. The number of amides is 1. The van der Waals surface area contributed by atoms with Gasteiger partial charge in [-0.05, 0) is 18.2 Å². The lowest BCUT2D eigenvalue weighted by Gasteiger charge is -2.31. The van der Waals surface area contributed by atoms with Crippen molar-refractivity contribution in [2.75, 3.05) is 31.6 Å². The minimum absolute atomic E-state index is 0.0456. The fourth-order valence-corrected chi connectivity index (χ4v) is 4.43. The summed E-state index contributed by atoms with van der Waals surface area (Å²) < 4.78 is 156. The number of halogens is 9. The third-order valence-electron chi connectivity index (χ3n) is 4.82. The molecule has 0 unspecified atom stereocenters. The number of benzene rings is 1. The van der Waals surface area contributed by atoms with Crippen molar-refractivity contribution in [3.63, 3.8) is 0 Å². The second-order valence-electron chi connectivity index (χ2n) is 6.94. The second kappa shape index (κ2) is 7.71. The van der Waals surface area contributed by atoms with E-state index in [1.54, 1.807) is 0 Å². The van der Waals surface area contributed by atoms with Gasteiger partial charge in [-0.2, -0.15) is 43.8 Å². The Balaban J connectivity index is 1.89. The molecule has 2 heterocycles. The summed E-state index contributed by atoms with van der Waals surface area (Å²) in [6.45, 7) is -0.0553. The van der Waals surface area contributed by atoms with Gasteiger partial charge in [0.2, 0.25) is 10.0 Å². The van der Waals surface area contributed by atoms with E-state index in [4.69, 9.17) is 4.74 Å². The van der Waals surface area contributed by atoms with Crippen LogP contribution >= 0.6 is 0 Å². The van der Waals surface area contributed by atoms with Gasteiger partial charge in [0, 0.05) is 18.8 Å². The molecular formula is C16H13F9N2O5S. The minimum Gasteiger partial charge on any atom is -0.379 e. The first-order valence-electron chi connectivity index (χ1n) is 8.81. The SMILES string of the molecule is O=C(Nc1cccc(S(=O)(=O)N2CCOCC2)c1)C(F)(F)[C@]1(F)OC(F)(F)C(F)(F)C1(F)F. The lowest BCUT2D eigenvalue weighted by molar-refractivity contribution is -0.366. The van der Waals surface area contributed by atoms with Crippen LogP contribution in [0.2, 0.25) is 0 Å². The molecule has 1 amide bonds. The molecule has 0 bridgehead atoms. The molecule has 33 heavy (non-hydrogen) atoms. The standard InChI is InChI=1S/C16H13F9N2O5S/c17-12(18,15(23)13(19,20)14(21,22)16(24,25)32-15)11(28)26-9-2-1-3-10(8-9)33(29,30)27-4-6-31-7-5-27/h1-3,8H,4-7H2,(H,26,28)/t15-/m0/s1. The van der Waals surface area contributed by atoms with E-state index in [0.29, 0.717) is 6.07 Å². The predicted octanol–water partition coefficient (Wildman–Crippen LogP) is 2.84. The van der Waals surface area contributed by atoms with Crippen LogP contribution in [0.1, 0.15) is 0 Å². The maximum Gasteiger partial charge on any atom is 0.428 e. The molecule has 1 atom stereocenters. The van der Waals surface area contributed by atoms with Crippen molar-refractivity contribution in [1.82, 2.24) is 4.31 Å². The molecule has 0 saturated carbocycles. The Labute approximate surface area is 179 Å². The summed E-state index contributed by atoms with van der Waals surface area (Å²) in [5, 5.41) is 1.15. The van der Waals surface area contributed by atoms with E-state index in [0.717, 1.165) is 27.8 Å². The van der Waals surface area contributed by atoms with E-state index in [9.17, 15) is 52.7 Å². The Kier molecular flexibility index (Phi) is 5.96. The number of rotatable bonds is 5. The molecule has 1 aromatic carbocycles. The zero-order chi connectivity index (χ0) is 25.1. The fraction of sp³-hybridized carbons (Fsp3) is 0.562. The Hall–Kier alpha value is -2.11. The molecule has 2 fully saturated rings. The van der Waals surface area contributed by atoms with E-state index >= 15 is 0 Å². The van der Waals surface area contributed by atoms with Crippen molar-refractivity contribution in [2.45, 2.75) is 34.6 Å². The third kappa shape index (κ3) is 3.64. The van der Waals surface area contributed by atoms with Crippen LogP contribution in [0.15, 0.2) is 29.2 Å². The largest absolute Gasteiger partial charge is 0.428 e. The van der Waals surface area contributed by atoms with Gasteiger partial charge in [-0.15, -0.1) is 0 Å². The monoisotopic (exact) mass is 516 g/mol. The van der Waals surface area contributed by atoms with Crippen LogP contribution in [0.4, 0.5) is 45.2 Å². The predicted molar refractivity (Wildman–Crippen MR) is 89.4 cm³/mol. The van der Waals surface area contributed by atoms with Gasteiger partial charge >= 0.3 is 35.6 Å².